The quantitative estimate of drug-likeness (QED) is 0.590. The van der Waals surface area contributed by atoms with E-state index >= 15 is 0 Å². The molecule has 2 nitrogen and oxygen atoms in total. The predicted molar refractivity (Wildman–Crippen MR) is 35.5 cm³/mol. The predicted octanol–water partition coefficient (Wildman–Crippen LogP) is 1.50. The lowest BCUT2D eigenvalue weighted by Gasteiger charge is -2.20. The first-order valence-electron chi connectivity index (χ1n) is 3.59. The maximum absolute atomic E-state index is 13.2. The van der Waals surface area contributed by atoms with Crippen molar-refractivity contribution in [2.24, 2.45) is 0 Å². The molecule has 1 heterocycles. The second kappa shape index (κ2) is 2.84. The standard InChI is InChI=1S/C7H13FO2/c1-3-9-6-7(2,8)4-5-10-6/h6H,3-5H2,1-2H3. The van der Waals surface area contributed by atoms with Crippen molar-refractivity contribution in [3.05, 3.63) is 0 Å². The van der Waals surface area contributed by atoms with E-state index < -0.39 is 12.0 Å². The van der Waals surface area contributed by atoms with E-state index in [9.17, 15) is 4.39 Å². The maximum atomic E-state index is 13.2. The van der Waals surface area contributed by atoms with Crippen molar-refractivity contribution < 1.29 is 13.9 Å². The minimum atomic E-state index is -1.28. The fourth-order valence-corrected chi connectivity index (χ4v) is 1.03. The molecule has 1 fully saturated rings. The Balaban J connectivity index is 2.43. The lowest BCUT2D eigenvalue weighted by atomic mass is 10.1. The zero-order valence-corrected chi connectivity index (χ0v) is 6.39. The largest absolute Gasteiger partial charge is 0.350 e. The molecule has 0 spiro atoms. The van der Waals surface area contributed by atoms with Gasteiger partial charge >= 0.3 is 0 Å². The van der Waals surface area contributed by atoms with Gasteiger partial charge in [-0.3, -0.25) is 0 Å². The summed E-state index contributed by atoms with van der Waals surface area (Å²) in [6, 6.07) is 0. The molecule has 0 aromatic heterocycles. The van der Waals surface area contributed by atoms with Gasteiger partial charge in [-0.15, -0.1) is 0 Å². The molecule has 0 bridgehead atoms. The Morgan fingerprint density at radius 2 is 2.50 bits per heavy atom. The van der Waals surface area contributed by atoms with Gasteiger partial charge in [-0.25, -0.2) is 4.39 Å². The Labute approximate surface area is 60.3 Å². The molecule has 0 aliphatic carbocycles. The average Bonchev–Trinajstić information content (AvgIpc) is 2.13. The summed E-state index contributed by atoms with van der Waals surface area (Å²) in [5.74, 6) is 0. The molecule has 10 heavy (non-hydrogen) atoms. The van der Waals surface area contributed by atoms with E-state index in [1.165, 1.54) is 6.92 Å². The van der Waals surface area contributed by atoms with E-state index in [1.54, 1.807) is 0 Å². The zero-order chi connectivity index (χ0) is 7.61. The van der Waals surface area contributed by atoms with Crippen molar-refractivity contribution in [1.82, 2.24) is 0 Å². The second-order valence-corrected chi connectivity index (χ2v) is 2.69. The maximum Gasteiger partial charge on any atom is 0.191 e. The number of rotatable bonds is 2. The van der Waals surface area contributed by atoms with Gasteiger partial charge in [0.15, 0.2) is 12.0 Å². The summed E-state index contributed by atoms with van der Waals surface area (Å²) in [7, 11) is 0. The van der Waals surface area contributed by atoms with Crippen LogP contribution in [0.15, 0.2) is 0 Å². The molecule has 0 N–H and O–H groups in total. The molecule has 0 radical (unpaired) electrons. The van der Waals surface area contributed by atoms with Crippen LogP contribution >= 0.6 is 0 Å². The van der Waals surface area contributed by atoms with Crippen LogP contribution in [0.4, 0.5) is 4.39 Å². The number of alkyl halides is 1. The third-order valence-electron chi connectivity index (χ3n) is 1.67. The van der Waals surface area contributed by atoms with Crippen LogP contribution in [-0.2, 0) is 9.47 Å². The lowest BCUT2D eigenvalue weighted by molar-refractivity contribution is -0.158. The van der Waals surface area contributed by atoms with Crippen molar-refractivity contribution in [2.45, 2.75) is 32.2 Å². The van der Waals surface area contributed by atoms with Crippen LogP contribution < -0.4 is 0 Å². The number of ether oxygens (including phenoxy) is 2. The van der Waals surface area contributed by atoms with Gasteiger partial charge in [0.2, 0.25) is 0 Å². The van der Waals surface area contributed by atoms with E-state index in [-0.39, 0.29) is 0 Å². The third-order valence-corrected chi connectivity index (χ3v) is 1.67. The van der Waals surface area contributed by atoms with Crippen molar-refractivity contribution in [3.63, 3.8) is 0 Å². The lowest BCUT2D eigenvalue weighted by Crippen LogP contribution is -2.32. The van der Waals surface area contributed by atoms with Crippen LogP contribution in [0.2, 0.25) is 0 Å². The molecular weight excluding hydrogens is 135 g/mol. The summed E-state index contributed by atoms with van der Waals surface area (Å²) in [4.78, 5) is 0. The van der Waals surface area contributed by atoms with Crippen LogP contribution in [0.1, 0.15) is 20.3 Å². The second-order valence-electron chi connectivity index (χ2n) is 2.69. The molecular formula is C7H13FO2. The van der Waals surface area contributed by atoms with Crippen LogP contribution in [0.3, 0.4) is 0 Å². The van der Waals surface area contributed by atoms with Crippen LogP contribution in [-0.4, -0.2) is 25.2 Å². The molecule has 60 valence electrons. The van der Waals surface area contributed by atoms with Crippen LogP contribution in [0.25, 0.3) is 0 Å². The summed E-state index contributed by atoms with van der Waals surface area (Å²) < 4.78 is 23.2. The molecule has 1 aliphatic heterocycles. The molecule has 1 aliphatic rings. The van der Waals surface area contributed by atoms with Crippen LogP contribution in [0.5, 0.6) is 0 Å². The van der Waals surface area contributed by atoms with Crippen molar-refractivity contribution >= 4 is 0 Å². The van der Waals surface area contributed by atoms with Gasteiger partial charge in [0.25, 0.3) is 0 Å². The van der Waals surface area contributed by atoms with Gasteiger partial charge in [0.05, 0.1) is 6.61 Å². The van der Waals surface area contributed by atoms with Gasteiger partial charge < -0.3 is 9.47 Å². The van der Waals surface area contributed by atoms with E-state index in [0.717, 1.165) is 0 Å². The summed E-state index contributed by atoms with van der Waals surface area (Å²) >= 11 is 0. The first-order valence-corrected chi connectivity index (χ1v) is 3.59. The van der Waals surface area contributed by atoms with Crippen LogP contribution in [0, 0.1) is 0 Å². The summed E-state index contributed by atoms with van der Waals surface area (Å²) in [5, 5.41) is 0. The smallest absolute Gasteiger partial charge is 0.191 e. The van der Waals surface area contributed by atoms with E-state index in [4.69, 9.17) is 9.47 Å². The molecule has 0 saturated carbocycles. The van der Waals surface area contributed by atoms with Gasteiger partial charge in [-0.2, -0.15) is 0 Å². The highest BCUT2D eigenvalue weighted by Crippen LogP contribution is 2.29. The number of hydrogen-bond acceptors (Lipinski definition) is 2. The molecule has 1 rings (SSSR count). The van der Waals surface area contributed by atoms with Gasteiger partial charge in [-0.1, -0.05) is 0 Å². The molecule has 2 unspecified atom stereocenters. The molecule has 0 aromatic carbocycles. The Hall–Kier alpha value is -0.150. The molecule has 1 saturated heterocycles. The minimum Gasteiger partial charge on any atom is -0.350 e. The average molecular weight is 148 g/mol. The summed E-state index contributed by atoms with van der Waals surface area (Å²) in [6.07, 6.45) is -0.199. The Kier molecular flexibility index (Phi) is 2.26. The Bertz CT molecular complexity index is 114. The first kappa shape index (κ1) is 7.95. The number of halogens is 1. The summed E-state index contributed by atoms with van der Waals surface area (Å²) in [5.41, 5.74) is -1.28. The van der Waals surface area contributed by atoms with Crippen molar-refractivity contribution in [1.29, 1.82) is 0 Å². The summed E-state index contributed by atoms with van der Waals surface area (Å²) in [6.45, 7) is 4.32. The topological polar surface area (TPSA) is 18.5 Å². The zero-order valence-electron chi connectivity index (χ0n) is 6.39. The molecule has 3 heteroatoms. The van der Waals surface area contributed by atoms with E-state index in [1.807, 2.05) is 6.92 Å². The highest BCUT2D eigenvalue weighted by Gasteiger charge is 2.40. The monoisotopic (exact) mass is 148 g/mol. The fraction of sp³-hybridized carbons (Fsp3) is 1.00. The SMILES string of the molecule is CCOC1OCCC1(C)F. The van der Waals surface area contributed by atoms with Gasteiger partial charge in [0, 0.05) is 13.0 Å². The highest BCUT2D eigenvalue weighted by molar-refractivity contribution is 4.82. The molecule has 0 aromatic rings. The highest BCUT2D eigenvalue weighted by atomic mass is 19.1. The normalized spacial score (nSPS) is 40.5. The Morgan fingerprint density at radius 1 is 1.80 bits per heavy atom. The van der Waals surface area contributed by atoms with Crippen molar-refractivity contribution in [2.75, 3.05) is 13.2 Å². The Morgan fingerprint density at radius 3 is 2.90 bits per heavy atom. The van der Waals surface area contributed by atoms with Gasteiger partial charge in [0.1, 0.15) is 0 Å². The number of hydrogen-bond donors (Lipinski definition) is 0. The van der Waals surface area contributed by atoms with E-state index in [2.05, 4.69) is 0 Å². The first-order chi connectivity index (χ1) is 4.67. The minimum absolute atomic E-state index is 0.442. The molecule has 2 atom stereocenters. The van der Waals surface area contributed by atoms with E-state index in [0.29, 0.717) is 19.6 Å². The third kappa shape index (κ3) is 1.47. The molecule has 0 amide bonds. The fourth-order valence-electron chi connectivity index (χ4n) is 1.03. The van der Waals surface area contributed by atoms with Crippen molar-refractivity contribution in [3.8, 4) is 0 Å². The van der Waals surface area contributed by atoms with Gasteiger partial charge in [-0.05, 0) is 13.8 Å².